The minimum atomic E-state index is -0.528. The molecule has 3 aromatic rings. The first-order valence-corrected chi connectivity index (χ1v) is 13.6. The predicted octanol–water partition coefficient (Wildman–Crippen LogP) is 7.04. The van der Waals surface area contributed by atoms with E-state index >= 15 is 0 Å². The van der Waals surface area contributed by atoms with Crippen LogP contribution in [0.4, 0.5) is 5.69 Å². The zero-order valence-electron chi connectivity index (χ0n) is 20.5. The smallest absolute Gasteiger partial charge is 0.325 e. The van der Waals surface area contributed by atoms with Crippen molar-refractivity contribution in [3.05, 3.63) is 97.6 Å². The van der Waals surface area contributed by atoms with Crippen molar-refractivity contribution in [2.24, 2.45) is 0 Å². The summed E-state index contributed by atoms with van der Waals surface area (Å²) in [6.07, 6.45) is 2.53. The molecular weight excluding hydrogens is 611 g/mol. The molecule has 4 rings (SSSR count). The molecule has 1 heterocycles. The van der Waals surface area contributed by atoms with Crippen molar-refractivity contribution >= 4 is 80.1 Å². The van der Waals surface area contributed by atoms with Crippen molar-refractivity contribution in [3.63, 3.8) is 0 Å². The molecule has 1 aliphatic rings. The number of carbonyl (C=O) groups excluding carboxylic acids is 2. The molecule has 3 aromatic carbocycles. The molecule has 0 saturated carbocycles. The standard InChI is InChI=1S/C28H23BrCl2N2O4S/c1-3-17-4-8-21(9-5-17)33-27(35)24(32(28(33)38)15-26(34)36-2)14-19-13-20(29)7-11-25(19)37-16-18-6-10-22(30)23(31)12-18/h4-14H,3,15-16H2,1-2H3/b24-14-. The Balaban J connectivity index is 1.71. The monoisotopic (exact) mass is 632 g/mol. The lowest BCUT2D eigenvalue weighted by atomic mass is 10.1. The van der Waals surface area contributed by atoms with Gasteiger partial charge in [-0.2, -0.15) is 0 Å². The fourth-order valence-corrected chi connectivity index (χ4v) is 4.89. The van der Waals surface area contributed by atoms with Gasteiger partial charge < -0.3 is 14.4 Å². The van der Waals surface area contributed by atoms with Gasteiger partial charge in [0.25, 0.3) is 5.91 Å². The molecule has 0 bridgehead atoms. The number of amides is 1. The molecular formula is C28H23BrCl2N2O4S. The summed E-state index contributed by atoms with van der Waals surface area (Å²) in [5, 5.41) is 1.07. The lowest BCUT2D eigenvalue weighted by Crippen LogP contribution is -2.35. The van der Waals surface area contributed by atoms with Gasteiger partial charge in [0.05, 0.1) is 22.8 Å². The van der Waals surface area contributed by atoms with E-state index < -0.39 is 5.97 Å². The normalized spacial score (nSPS) is 14.4. The number of halogens is 3. The number of carbonyl (C=O) groups is 2. The van der Waals surface area contributed by atoms with E-state index in [-0.39, 0.29) is 29.9 Å². The molecule has 1 saturated heterocycles. The summed E-state index contributed by atoms with van der Waals surface area (Å²) < 4.78 is 11.7. The van der Waals surface area contributed by atoms with Crippen molar-refractivity contribution in [3.8, 4) is 5.75 Å². The van der Waals surface area contributed by atoms with Crippen LogP contribution >= 0.6 is 51.3 Å². The predicted molar refractivity (Wildman–Crippen MR) is 158 cm³/mol. The Morgan fingerprint density at radius 1 is 1.03 bits per heavy atom. The third-order valence-corrected chi connectivity index (χ3v) is 7.53. The Morgan fingerprint density at radius 3 is 2.39 bits per heavy atom. The van der Waals surface area contributed by atoms with Crippen molar-refractivity contribution in [2.75, 3.05) is 18.6 Å². The second kappa shape index (κ2) is 12.3. The Morgan fingerprint density at radius 2 is 1.74 bits per heavy atom. The van der Waals surface area contributed by atoms with Crippen LogP contribution in [0.2, 0.25) is 10.0 Å². The molecule has 1 fully saturated rings. The molecule has 0 spiro atoms. The number of hydrogen-bond acceptors (Lipinski definition) is 5. The first kappa shape index (κ1) is 28.1. The minimum Gasteiger partial charge on any atom is -0.488 e. The number of thiocarbonyl (C=S) groups is 1. The molecule has 0 unspecified atom stereocenters. The number of benzene rings is 3. The highest BCUT2D eigenvalue weighted by Crippen LogP contribution is 2.33. The van der Waals surface area contributed by atoms with E-state index in [4.69, 9.17) is 44.9 Å². The van der Waals surface area contributed by atoms with Crippen LogP contribution in [0.15, 0.2) is 70.8 Å². The zero-order valence-corrected chi connectivity index (χ0v) is 24.5. The summed E-state index contributed by atoms with van der Waals surface area (Å²) in [6, 6.07) is 18.3. The maximum Gasteiger partial charge on any atom is 0.325 e. The van der Waals surface area contributed by atoms with E-state index in [0.29, 0.717) is 27.0 Å². The van der Waals surface area contributed by atoms with Gasteiger partial charge in [-0.15, -0.1) is 0 Å². The van der Waals surface area contributed by atoms with Crippen LogP contribution in [-0.4, -0.2) is 35.5 Å². The number of nitrogens with zero attached hydrogens (tertiary/aromatic N) is 2. The third-order valence-electron chi connectivity index (χ3n) is 5.90. The molecule has 10 heteroatoms. The first-order valence-electron chi connectivity index (χ1n) is 11.6. The lowest BCUT2D eigenvalue weighted by Gasteiger charge is -2.19. The number of ether oxygens (including phenoxy) is 2. The van der Waals surface area contributed by atoms with E-state index in [1.807, 2.05) is 42.5 Å². The van der Waals surface area contributed by atoms with Crippen LogP contribution < -0.4 is 9.64 Å². The van der Waals surface area contributed by atoms with E-state index in [0.717, 1.165) is 22.0 Å². The molecule has 0 aromatic heterocycles. The number of aryl methyl sites for hydroxylation is 1. The highest BCUT2D eigenvalue weighted by molar-refractivity contribution is 9.10. The Labute approximate surface area is 244 Å². The Hall–Kier alpha value is -2.91. The summed E-state index contributed by atoms with van der Waals surface area (Å²) in [7, 11) is 1.29. The van der Waals surface area contributed by atoms with E-state index in [1.165, 1.54) is 16.9 Å². The van der Waals surface area contributed by atoms with Gasteiger partial charge in [0.15, 0.2) is 5.11 Å². The average Bonchev–Trinajstić information content (AvgIpc) is 3.13. The van der Waals surface area contributed by atoms with Gasteiger partial charge in [-0.25, -0.2) is 0 Å². The van der Waals surface area contributed by atoms with E-state index in [9.17, 15) is 9.59 Å². The molecule has 1 amide bonds. The summed E-state index contributed by atoms with van der Waals surface area (Å²) in [6.45, 7) is 2.06. The quantitative estimate of drug-likeness (QED) is 0.151. The molecule has 0 atom stereocenters. The third kappa shape index (κ3) is 6.21. The number of hydrogen-bond donors (Lipinski definition) is 0. The Kier molecular flexibility index (Phi) is 9.10. The first-order chi connectivity index (χ1) is 18.2. The highest BCUT2D eigenvalue weighted by Gasteiger charge is 2.40. The van der Waals surface area contributed by atoms with Crippen LogP contribution in [0.25, 0.3) is 6.08 Å². The summed E-state index contributed by atoms with van der Waals surface area (Å²) in [4.78, 5) is 28.8. The topological polar surface area (TPSA) is 59.1 Å². The molecule has 0 N–H and O–H groups in total. The molecule has 1 aliphatic heterocycles. The Bertz CT molecular complexity index is 1430. The van der Waals surface area contributed by atoms with Crippen LogP contribution in [0, 0.1) is 0 Å². The second-order valence-electron chi connectivity index (χ2n) is 8.35. The summed E-state index contributed by atoms with van der Waals surface area (Å²) in [5.41, 5.74) is 3.40. The van der Waals surface area contributed by atoms with Gasteiger partial charge in [-0.1, -0.05) is 64.3 Å². The van der Waals surface area contributed by atoms with Gasteiger partial charge in [0.2, 0.25) is 0 Å². The van der Waals surface area contributed by atoms with Crippen LogP contribution in [0.3, 0.4) is 0 Å². The number of rotatable bonds is 8. The van der Waals surface area contributed by atoms with E-state index in [1.54, 1.807) is 24.3 Å². The van der Waals surface area contributed by atoms with Crippen LogP contribution in [-0.2, 0) is 27.4 Å². The fourth-order valence-electron chi connectivity index (χ4n) is 3.84. The maximum atomic E-state index is 13.7. The molecule has 196 valence electrons. The van der Waals surface area contributed by atoms with Gasteiger partial charge in [0, 0.05) is 10.0 Å². The highest BCUT2D eigenvalue weighted by atomic mass is 79.9. The summed E-state index contributed by atoms with van der Waals surface area (Å²) >= 11 is 21.3. The lowest BCUT2D eigenvalue weighted by molar-refractivity contribution is -0.140. The zero-order chi connectivity index (χ0) is 27.4. The largest absolute Gasteiger partial charge is 0.488 e. The fraction of sp³-hybridized carbons (Fsp3) is 0.179. The molecule has 6 nitrogen and oxygen atoms in total. The van der Waals surface area contributed by atoms with Crippen molar-refractivity contribution in [1.29, 1.82) is 0 Å². The summed E-state index contributed by atoms with van der Waals surface area (Å²) in [5.74, 6) is -0.368. The molecule has 0 aliphatic carbocycles. The van der Waals surface area contributed by atoms with Gasteiger partial charge in [0.1, 0.15) is 24.6 Å². The van der Waals surface area contributed by atoms with Crippen molar-refractivity contribution < 1.29 is 19.1 Å². The number of esters is 1. The maximum absolute atomic E-state index is 13.7. The van der Waals surface area contributed by atoms with E-state index in [2.05, 4.69) is 22.9 Å². The second-order valence-corrected chi connectivity index (χ2v) is 10.4. The number of methoxy groups -OCH3 is 1. The average molecular weight is 634 g/mol. The van der Waals surface area contributed by atoms with Gasteiger partial charge in [-0.05, 0) is 78.3 Å². The minimum absolute atomic E-state index is 0.184. The van der Waals surface area contributed by atoms with Crippen LogP contribution in [0.1, 0.15) is 23.6 Å². The molecule has 0 radical (unpaired) electrons. The van der Waals surface area contributed by atoms with Gasteiger partial charge >= 0.3 is 5.97 Å². The number of anilines is 1. The van der Waals surface area contributed by atoms with Gasteiger partial charge in [-0.3, -0.25) is 14.5 Å². The molecule has 38 heavy (non-hydrogen) atoms. The van der Waals surface area contributed by atoms with Crippen molar-refractivity contribution in [1.82, 2.24) is 4.90 Å². The SMILES string of the molecule is CCc1ccc(N2C(=O)/C(=C/c3cc(Br)ccc3OCc3ccc(Cl)c(Cl)c3)N(CC(=O)OC)C2=S)cc1. The van der Waals surface area contributed by atoms with Crippen molar-refractivity contribution in [2.45, 2.75) is 20.0 Å². The van der Waals surface area contributed by atoms with Crippen LogP contribution in [0.5, 0.6) is 5.75 Å².